The molecule has 1 aliphatic heterocycles. The number of hydrogen-bond acceptors (Lipinski definition) is 7. The second kappa shape index (κ2) is 8.74. The van der Waals surface area contributed by atoms with Gasteiger partial charge in [-0.2, -0.15) is 8.99 Å². The van der Waals surface area contributed by atoms with E-state index in [0.29, 0.717) is 43.4 Å². The van der Waals surface area contributed by atoms with E-state index < -0.39 is 10.0 Å². The van der Waals surface area contributed by atoms with Crippen molar-refractivity contribution >= 4 is 10.0 Å². The zero-order chi connectivity index (χ0) is 22.0. The van der Waals surface area contributed by atoms with E-state index in [0.717, 1.165) is 22.6 Å². The first kappa shape index (κ1) is 21.4. The third-order valence-corrected chi connectivity index (χ3v) is 7.55. The molecule has 1 fully saturated rings. The number of piperazine rings is 1. The average molecular weight is 443 g/mol. The summed E-state index contributed by atoms with van der Waals surface area (Å²) < 4.78 is 34.7. The van der Waals surface area contributed by atoms with Crippen LogP contribution >= 0.6 is 0 Å². The molecule has 3 aromatic rings. The maximum Gasteiger partial charge on any atom is 0.243 e. The van der Waals surface area contributed by atoms with E-state index in [9.17, 15) is 8.42 Å². The van der Waals surface area contributed by atoms with Gasteiger partial charge >= 0.3 is 0 Å². The molecule has 164 valence electrons. The Kier molecular flexibility index (Phi) is 6.03. The van der Waals surface area contributed by atoms with Gasteiger partial charge in [-0.25, -0.2) is 8.42 Å². The Balaban J connectivity index is 1.43. The summed E-state index contributed by atoms with van der Waals surface area (Å²) in [5.74, 6) is 1.47. The zero-order valence-corrected chi connectivity index (χ0v) is 18.7. The van der Waals surface area contributed by atoms with Gasteiger partial charge in [0.05, 0.1) is 24.2 Å². The van der Waals surface area contributed by atoms with E-state index in [1.165, 1.54) is 0 Å². The summed E-state index contributed by atoms with van der Waals surface area (Å²) in [6.45, 7) is 6.36. The molecule has 1 aromatic heterocycles. The smallest absolute Gasteiger partial charge is 0.243 e. The quantitative estimate of drug-likeness (QED) is 0.575. The highest BCUT2D eigenvalue weighted by Crippen LogP contribution is 2.23. The lowest BCUT2D eigenvalue weighted by Gasteiger charge is -2.33. The number of rotatable bonds is 6. The number of benzene rings is 2. The fourth-order valence-electron chi connectivity index (χ4n) is 3.68. The minimum Gasteiger partial charge on any atom is -0.497 e. The molecule has 0 aliphatic carbocycles. The molecule has 0 unspecified atom stereocenters. The van der Waals surface area contributed by atoms with Gasteiger partial charge < -0.3 is 4.74 Å². The lowest BCUT2D eigenvalue weighted by Crippen LogP contribution is -2.48. The molecule has 0 atom stereocenters. The Labute approximate surface area is 182 Å². The molecule has 2 aromatic carbocycles. The van der Waals surface area contributed by atoms with Gasteiger partial charge in [0.2, 0.25) is 10.0 Å². The van der Waals surface area contributed by atoms with Crippen LogP contribution in [0.4, 0.5) is 0 Å². The molecule has 2 heterocycles. The van der Waals surface area contributed by atoms with Crippen LogP contribution in [0.15, 0.2) is 47.4 Å². The van der Waals surface area contributed by atoms with Crippen molar-refractivity contribution in [3.63, 3.8) is 0 Å². The molecule has 0 radical (unpaired) electrons. The Bertz CT molecular complexity index is 1150. The summed E-state index contributed by atoms with van der Waals surface area (Å²) in [5, 5.41) is 12.1. The van der Waals surface area contributed by atoms with Crippen molar-refractivity contribution < 1.29 is 13.2 Å². The maximum atomic E-state index is 13.1. The van der Waals surface area contributed by atoms with Crippen LogP contribution in [0, 0.1) is 13.8 Å². The van der Waals surface area contributed by atoms with E-state index in [4.69, 9.17) is 4.74 Å². The van der Waals surface area contributed by atoms with Crippen LogP contribution in [0.3, 0.4) is 0 Å². The monoisotopic (exact) mass is 442 g/mol. The second-order valence-corrected chi connectivity index (χ2v) is 9.56. The molecule has 31 heavy (non-hydrogen) atoms. The summed E-state index contributed by atoms with van der Waals surface area (Å²) in [6.07, 6.45) is 0. The summed E-state index contributed by atoms with van der Waals surface area (Å²) in [5.41, 5.74) is 2.55. The van der Waals surface area contributed by atoms with Crippen molar-refractivity contribution in [3.05, 3.63) is 59.4 Å². The molecule has 0 saturated carbocycles. The van der Waals surface area contributed by atoms with Gasteiger partial charge in [-0.3, -0.25) is 4.90 Å². The van der Waals surface area contributed by atoms with E-state index in [-0.39, 0.29) is 0 Å². The van der Waals surface area contributed by atoms with Crippen molar-refractivity contribution in [1.29, 1.82) is 0 Å². The first-order chi connectivity index (χ1) is 14.9. The zero-order valence-electron chi connectivity index (χ0n) is 17.9. The number of nitrogens with zero attached hydrogens (tertiary/aromatic N) is 6. The minimum atomic E-state index is -3.51. The molecule has 0 bridgehead atoms. The molecule has 0 N–H and O–H groups in total. The highest BCUT2D eigenvalue weighted by Gasteiger charge is 2.30. The number of aromatic nitrogens is 4. The lowest BCUT2D eigenvalue weighted by atomic mass is 10.2. The lowest BCUT2D eigenvalue weighted by molar-refractivity contribution is 0.177. The standard InChI is InChI=1S/C21H26N6O3S/c1-16-4-5-17(2)20(14-16)31(28,29)26-12-10-25(11-13-26)15-21-22-23-24-27(21)18-6-8-19(30-3)9-7-18/h4-9,14H,10-13,15H2,1-3H3. The van der Waals surface area contributed by atoms with Crippen molar-refractivity contribution in [2.75, 3.05) is 33.3 Å². The van der Waals surface area contributed by atoms with Crippen LogP contribution in [0.1, 0.15) is 17.0 Å². The van der Waals surface area contributed by atoms with Crippen LogP contribution in [-0.2, 0) is 16.6 Å². The summed E-state index contributed by atoms with van der Waals surface area (Å²) in [7, 11) is -1.89. The SMILES string of the molecule is COc1ccc(-n2nnnc2CN2CCN(S(=O)(=O)c3cc(C)ccc3C)CC2)cc1. The number of tetrazole rings is 1. The summed E-state index contributed by atoms with van der Waals surface area (Å²) >= 11 is 0. The van der Waals surface area contributed by atoms with E-state index in [1.807, 2.05) is 50.2 Å². The van der Waals surface area contributed by atoms with Gasteiger partial charge in [-0.05, 0) is 65.7 Å². The molecule has 0 spiro atoms. The number of hydrogen-bond donors (Lipinski definition) is 0. The highest BCUT2D eigenvalue weighted by atomic mass is 32.2. The molecule has 9 nitrogen and oxygen atoms in total. The van der Waals surface area contributed by atoms with Crippen LogP contribution in [-0.4, -0.2) is 71.1 Å². The molecule has 10 heteroatoms. The van der Waals surface area contributed by atoms with Crippen LogP contribution < -0.4 is 4.74 Å². The summed E-state index contributed by atoms with van der Waals surface area (Å²) in [4.78, 5) is 2.56. The predicted octanol–water partition coefficient (Wildman–Crippen LogP) is 1.79. The highest BCUT2D eigenvalue weighted by molar-refractivity contribution is 7.89. The first-order valence-corrected chi connectivity index (χ1v) is 11.5. The van der Waals surface area contributed by atoms with Crippen molar-refractivity contribution in [3.8, 4) is 11.4 Å². The van der Waals surface area contributed by atoms with E-state index >= 15 is 0 Å². The number of aryl methyl sites for hydroxylation is 2. The first-order valence-electron chi connectivity index (χ1n) is 10.1. The molecular formula is C21H26N6O3S. The van der Waals surface area contributed by atoms with Crippen molar-refractivity contribution in [1.82, 2.24) is 29.4 Å². The number of sulfonamides is 1. The average Bonchev–Trinajstić information content (AvgIpc) is 3.24. The van der Waals surface area contributed by atoms with Crippen LogP contribution in [0.25, 0.3) is 5.69 Å². The predicted molar refractivity (Wildman–Crippen MR) is 116 cm³/mol. The van der Waals surface area contributed by atoms with Gasteiger partial charge in [0, 0.05) is 26.2 Å². The Hall–Kier alpha value is -2.82. The molecule has 1 aliphatic rings. The third-order valence-electron chi connectivity index (χ3n) is 5.51. The fraction of sp³-hybridized carbons (Fsp3) is 0.381. The Morgan fingerprint density at radius 2 is 1.71 bits per heavy atom. The minimum absolute atomic E-state index is 0.393. The van der Waals surface area contributed by atoms with Crippen molar-refractivity contribution in [2.45, 2.75) is 25.3 Å². The van der Waals surface area contributed by atoms with Gasteiger partial charge in [-0.15, -0.1) is 5.10 Å². The van der Waals surface area contributed by atoms with Crippen LogP contribution in [0.5, 0.6) is 5.75 Å². The largest absolute Gasteiger partial charge is 0.497 e. The number of methoxy groups -OCH3 is 1. The van der Waals surface area contributed by atoms with E-state index in [2.05, 4.69) is 20.4 Å². The van der Waals surface area contributed by atoms with Gasteiger partial charge in [0.15, 0.2) is 5.82 Å². The number of ether oxygens (including phenoxy) is 1. The fourth-order valence-corrected chi connectivity index (χ4v) is 5.41. The Morgan fingerprint density at radius 1 is 1.00 bits per heavy atom. The molecule has 0 amide bonds. The van der Waals surface area contributed by atoms with Crippen LogP contribution in [0.2, 0.25) is 0 Å². The maximum absolute atomic E-state index is 13.1. The third kappa shape index (κ3) is 4.46. The van der Waals surface area contributed by atoms with E-state index in [1.54, 1.807) is 22.2 Å². The summed E-state index contributed by atoms with van der Waals surface area (Å²) in [6, 6.07) is 13.0. The molecule has 4 rings (SSSR count). The molecular weight excluding hydrogens is 416 g/mol. The normalized spacial score (nSPS) is 15.8. The van der Waals surface area contributed by atoms with Gasteiger partial charge in [0.25, 0.3) is 0 Å². The van der Waals surface area contributed by atoms with Crippen molar-refractivity contribution in [2.24, 2.45) is 0 Å². The Morgan fingerprint density at radius 3 is 2.39 bits per heavy atom. The van der Waals surface area contributed by atoms with Gasteiger partial charge in [-0.1, -0.05) is 12.1 Å². The second-order valence-electron chi connectivity index (χ2n) is 7.65. The molecule has 1 saturated heterocycles. The topological polar surface area (TPSA) is 93.4 Å². The van der Waals surface area contributed by atoms with Gasteiger partial charge in [0.1, 0.15) is 5.75 Å².